The lowest BCUT2D eigenvalue weighted by Gasteiger charge is -2.26. The van der Waals surface area contributed by atoms with E-state index in [9.17, 15) is 0 Å². The van der Waals surface area contributed by atoms with Crippen LogP contribution in [0.25, 0.3) is 0 Å². The normalized spacial score (nSPS) is 11.5. The number of hydrogen-bond acceptors (Lipinski definition) is 5. The fourth-order valence-electron chi connectivity index (χ4n) is 3.40. The molecule has 0 unspecified atom stereocenters. The van der Waals surface area contributed by atoms with Gasteiger partial charge in [-0.15, -0.1) is 0 Å². The van der Waals surface area contributed by atoms with Gasteiger partial charge in [-0.1, -0.05) is 51.5 Å². The quantitative estimate of drug-likeness (QED) is 0.255. The molecule has 0 amide bonds. The largest absolute Gasteiger partial charge is 0.494 e. The summed E-state index contributed by atoms with van der Waals surface area (Å²) in [5.74, 6) is 1.78. The number of methoxy groups -OCH3 is 1. The average molecular weight is 459 g/mol. The average Bonchev–Trinajstić information content (AvgIpc) is 2.83. The van der Waals surface area contributed by atoms with Crippen LogP contribution in [-0.2, 0) is 19.6 Å². The van der Waals surface area contributed by atoms with Gasteiger partial charge in [-0.2, -0.15) is 0 Å². The van der Waals surface area contributed by atoms with E-state index in [-0.39, 0.29) is 5.41 Å². The van der Waals surface area contributed by atoms with Crippen molar-refractivity contribution >= 4 is 0 Å². The molecule has 0 aromatic heterocycles. The van der Waals surface area contributed by atoms with Gasteiger partial charge >= 0.3 is 0 Å². The highest BCUT2D eigenvalue weighted by molar-refractivity contribution is 5.41. The highest BCUT2D eigenvalue weighted by atomic mass is 16.5. The summed E-state index contributed by atoms with van der Waals surface area (Å²) in [5.41, 5.74) is 2.38. The first-order valence-corrected chi connectivity index (χ1v) is 12.2. The molecular formula is C28H42O5. The second-order valence-corrected chi connectivity index (χ2v) is 8.65. The van der Waals surface area contributed by atoms with Gasteiger partial charge in [0.25, 0.3) is 0 Å². The zero-order chi connectivity index (χ0) is 23.8. The Hall–Kier alpha value is -2.08. The van der Waals surface area contributed by atoms with Crippen LogP contribution in [0.2, 0.25) is 0 Å². The third-order valence-corrected chi connectivity index (χ3v) is 5.63. The van der Waals surface area contributed by atoms with E-state index in [0.29, 0.717) is 33.0 Å². The fraction of sp³-hybridized carbons (Fsp3) is 0.571. The third kappa shape index (κ3) is 10.2. The van der Waals surface area contributed by atoms with Crippen molar-refractivity contribution in [2.24, 2.45) is 0 Å². The first-order valence-electron chi connectivity index (χ1n) is 12.2. The molecule has 0 aliphatic carbocycles. The molecule has 5 nitrogen and oxygen atoms in total. The minimum atomic E-state index is -0.112. The number of hydrogen-bond donors (Lipinski definition) is 0. The Kier molecular flexibility index (Phi) is 12.9. The molecule has 0 N–H and O–H groups in total. The van der Waals surface area contributed by atoms with Gasteiger partial charge in [-0.3, -0.25) is 0 Å². The topological polar surface area (TPSA) is 46.2 Å². The summed E-state index contributed by atoms with van der Waals surface area (Å²) in [6.45, 7) is 11.5. The Bertz CT molecular complexity index is 676. The lowest BCUT2D eigenvalue weighted by molar-refractivity contribution is 0.0644. The zero-order valence-corrected chi connectivity index (χ0v) is 20.9. The fourth-order valence-corrected chi connectivity index (χ4v) is 3.40. The molecule has 0 radical (unpaired) electrons. The molecule has 0 bridgehead atoms. The number of rotatable bonds is 18. The van der Waals surface area contributed by atoms with Gasteiger partial charge in [0.2, 0.25) is 0 Å². The van der Waals surface area contributed by atoms with Gasteiger partial charge < -0.3 is 23.7 Å². The molecular weight excluding hydrogens is 416 g/mol. The number of unbranched alkanes of at least 4 members (excludes halogenated alkanes) is 1. The maximum Gasteiger partial charge on any atom is 0.119 e. The first kappa shape index (κ1) is 27.2. The van der Waals surface area contributed by atoms with Crippen LogP contribution in [0.3, 0.4) is 0 Å². The van der Waals surface area contributed by atoms with E-state index in [1.807, 2.05) is 12.1 Å². The summed E-state index contributed by atoms with van der Waals surface area (Å²) in [6.07, 6.45) is 4.06. The number of ether oxygens (including phenoxy) is 5. The van der Waals surface area contributed by atoms with Crippen molar-refractivity contribution < 1.29 is 23.7 Å². The van der Waals surface area contributed by atoms with Crippen LogP contribution < -0.4 is 9.47 Å². The van der Waals surface area contributed by atoms with Gasteiger partial charge in [0.15, 0.2) is 0 Å². The van der Waals surface area contributed by atoms with Crippen molar-refractivity contribution in [1.82, 2.24) is 0 Å². The second kappa shape index (κ2) is 15.7. The monoisotopic (exact) mass is 458 g/mol. The standard InChI is InChI=1S/C28H42O5/c1-5-6-17-30-18-7-20-32-26-13-9-24(10-14-26)28(2,3)25-11-15-27(16-12-25)33-21-8-19-31-23-22-29-4/h9-16H,5-8,17-23H2,1-4H3. The van der Waals surface area contributed by atoms with E-state index in [4.69, 9.17) is 23.7 Å². The summed E-state index contributed by atoms with van der Waals surface area (Å²) in [6, 6.07) is 16.8. The molecule has 0 saturated carbocycles. The van der Waals surface area contributed by atoms with Crippen LogP contribution in [0.1, 0.15) is 57.6 Å². The van der Waals surface area contributed by atoms with E-state index in [1.54, 1.807) is 7.11 Å². The van der Waals surface area contributed by atoms with Crippen molar-refractivity contribution in [3.63, 3.8) is 0 Å². The van der Waals surface area contributed by atoms with Gasteiger partial charge in [0.05, 0.1) is 26.4 Å². The zero-order valence-electron chi connectivity index (χ0n) is 20.9. The molecule has 2 rings (SSSR count). The van der Waals surface area contributed by atoms with Crippen LogP contribution in [0.5, 0.6) is 11.5 Å². The molecule has 0 aliphatic rings. The summed E-state index contributed by atoms with van der Waals surface area (Å²) in [7, 11) is 1.68. The van der Waals surface area contributed by atoms with E-state index >= 15 is 0 Å². The summed E-state index contributed by atoms with van der Waals surface area (Å²) >= 11 is 0. The van der Waals surface area contributed by atoms with Crippen molar-refractivity contribution in [3.8, 4) is 11.5 Å². The minimum absolute atomic E-state index is 0.112. The van der Waals surface area contributed by atoms with Gasteiger partial charge in [0.1, 0.15) is 11.5 Å². The maximum atomic E-state index is 5.86. The predicted molar refractivity (Wildman–Crippen MR) is 134 cm³/mol. The molecule has 5 heteroatoms. The molecule has 0 fully saturated rings. The lowest BCUT2D eigenvalue weighted by Crippen LogP contribution is -2.18. The molecule has 2 aromatic carbocycles. The van der Waals surface area contributed by atoms with Crippen LogP contribution >= 0.6 is 0 Å². The Balaban J connectivity index is 1.76. The minimum Gasteiger partial charge on any atom is -0.494 e. The third-order valence-electron chi connectivity index (χ3n) is 5.63. The molecule has 2 aromatic rings. The summed E-state index contributed by atoms with van der Waals surface area (Å²) < 4.78 is 27.7. The highest BCUT2D eigenvalue weighted by Crippen LogP contribution is 2.33. The van der Waals surface area contributed by atoms with Crippen molar-refractivity contribution in [2.45, 2.75) is 51.9 Å². The maximum absolute atomic E-state index is 5.86. The van der Waals surface area contributed by atoms with Crippen molar-refractivity contribution in [1.29, 1.82) is 0 Å². The lowest BCUT2D eigenvalue weighted by atomic mass is 9.78. The van der Waals surface area contributed by atoms with Crippen LogP contribution in [-0.4, -0.2) is 53.4 Å². The van der Waals surface area contributed by atoms with Gasteiger partial charge in [-0.05, 0) is 41.8 Å². The Morgan fingerprint density at radius 3 is 1.48 bits per heavy atom. The molecule has 33 heavy (non-hydrogen) atoms. The second-order valence-electron chi connectivity index (χ2n) is 8.65. The van der Waals surface area contributed by atoms with Crippen LogP contribution in [0.4, 0.5) is 0 Å². The summed E-state index contributed by atoms with van der Waals surface area (Å²) in [5, 5.41) is 0. The van der Waals surface area contributed by atoms with Crippen molar-refractivity contribution in [3.05, 3.63) is 59.7 Å². The molecule has 0 saturated heterocycles. The van der Waals surface area contributed by atoms with E-state index < -0.39 is 0 Å². The first-order chi connectivity index (χ1) is 16.1. The Morgan fingerprint density at radius 2 is 1.03 bits per heavy atom. The predicted octanol–water partition coefficient (Wildman–Crippen LogP) is 6.03. The van der Waals surface area contributed by atoms with Gasteiger partial charge in [-0.25, -0.2) is 0 Å². The SMILES string of the molecule is CCCCOCCCOc1ccc(C(C)(C)c2ccc(OCCCOCCOC)cc2)cc1. The van der Waals surface area contributed by atoms with E-state index in [1.165, 1.54) is 17.5 Å². The molecule has 0 heterocycles. The summed E-state index contributed by atoms with van der Waals surface area (Å²) in [4.78, 5) is 0. The van der Waals surface area contributed by atoms with Gasteiger partial charge in [0, 0.05) is 45.2 Å². The number of benzene rings is 2. The van der Waals surface area contributed by atoms with Crippen LogP contribution in [0.15, 0.2) is 48.5 Å². The molecule has 184 valence electrons. The van der Waals surface area contributed by atoms with Crippen molar-refractivity contribution in [2.75, 3.05) is 53.4 Å². The Labute approximate surface area is 200 Å². The highest BCUT2D eigenvalue weighted by Gasteiger charge is 2.23. The van der Waals surface area contributed by atoms with E-state index in [2.05, 4.69) is 57.2 Å². The molecule has 0 spiro atoms. The smallest absolute Gasteiger partial charge is 0.119 e. The molecule has 0 atom stereocenters. The van der Waals surface area contributed by atoms with E-state index in [0.717, 1.165) is 44.0 Å². The molecule has 0 aliphatic heterocycles. The van der Waals surface area contributed by atoms with Crippen LogP contribution in [0, 0.1) is 0 Å². The Morgan fingerprint density at radius 1 is 0.576 bits per heavy atom.